The Balaban J connectivity index is 1.35. The summed E-state index contributed by atoms with van der Waals surface area (Å²) in [6.45, 7) is 2.99. The van der Waals surface area contributed by atoms with Gasteiger partial charge < -0.3 is 14.4 Å². The van der Waals surface area contributed by atoms with E-state index in [0.717, 1.165) is 39.0 Å². The lowest BCUT2D eigenvalue weighted by atomic mass is 10.1. The number of aromatic nitrogens is 1. The molecule has 5 nitrogen and oxygen atoms in total. The molecule has 0 spiro atoms. The van der Waals surface area contributed by atoms with Gasteiger partial charge >= 0.3 is 0 Å². The van der Waals surface area contributed by atoms with Crippen molar-refractivity contribution in [2.75, 3.05) is 18.1 Å². The van der Waals surface area contributed by atoms with E-state index in [1.54, 1.807) is 23.5 Å². The molecule has 178 valence electrons. The maximum absolute atomic E-state index is 13.2. The van der Waals surface area contributed by atoms with Crippen molar-refractivity contribution in [3.8, 4) is 33.3 Å². The number of benzene rings is 3. The number of ether oxygens (including phenoxy) is 2. The Labute approximate surface area is 213 Å². The molecule has 0 bridgehead atoms. The van der Waals surface area contributed by atoms with Gasteiger partial charge in [0.25, 0.3) is 5.91 Å². The number of hydrogen-bond acceptors (Lipinski definition) is 5. The number of amides is 1. The SMILES string of the molecule is CCC1Oc2ccc(-c3csc(-c4ccccc4)n3)cc2N(CCCOc2ccc(Cl)cc2)C1=O. The van der Waals surface area contributed by atoms with Crippen molar-refractivity contribution >= 4 is 34.5 Å². The average molecular weight is 505 g/mol. The second kappa shape index (κ2) is 10.5. The smallest absolute Gasteiger partial charge is 0.268 e. The minimum atomic E-state index is -0.477. The topological polar surface area (TPSA) is 51.7 Å². The largest absolute Gasteiger partial charge is 0.494 e. The third-order valence-electron chi connectivity index (χ3n) is 5.86. The Hall–Kier alpha value is -3.35. The van der Waals surface area contributed by atoms with Crippen LogP contribution in [-0.4, -0.2) is 30.1 Å². The van der Waals surface area contributed by atoms with Crippen molar-refractivity contribution in [2.24, 2.45) is 0 Å². The quantitative estimate of drug-likeness (QED) is 0.240. The molecule has 1 aliphatic heterocycles. The van der Waals surface area contributed by atoms with E-state index in [9.17, 15) is 4.79 Å². The highest BCUT2D eigenvalue weighted by Gasteiger charge is 2.33. The lowest BCUT2D eigenvalue weighted by molar-refractivity contribution is -0.126. The third-order valence-corrected chi connectivity index (χ3v) is 7.00. The van der Waals surface area contributed by atoms with Gasteiger partial charge in [0.2, 0.25) is 0 Å². The van der Waals surface area contributed by atoms with Crippen molar-refractivity contribution in [3.63, 3.8) is 0 Å². The summed E-state index contributed by atoms with van der Waals surface area (Å²) in [6.07, 6.45) is 0.822. The summed E-state index contributed by atoms with van der Waals surface area (Å²) in [5.41, 5.74) is 3.70. The van der Waals surface area contributed by atoms with E-state index >= 15 is 0 Å². The zero-order chi connectivity index (χ0) is 24.2. The highest BCUT2D eigenvalue weighted by Crippen LogP contribution is 2.39. The van der Waals surface area contributed by atoms with Crippen LogP contribution in [0.3, 0.4) is 0 Å². The Kier molecular flexibility index (Phi) is 7.02. The molecule has 0 saturated heterocycles. The highest BCUT2D eigenvalue weighted by molar-refractivity contribution is 7.13. The van der Waals surface area contributed by atoms with Crippen LogP contribution in [0.2, 0.25) is 5.02 Å². The first kappa shape index (κ1) is 23.4. The van der Waals surface area contributed by atoms with Crippen LogP contribution in [0.1, 0.15) is 19.8 Å². The van der Waals surface area contributed by atoms with Crippen molar-refractivity contribution in [2.45, 2.75) is 25.9 Å². The monoisotopic (exact) mass is 504 g/mol. The van der Waals surface area contributed by atoms with E-state index in [4.69, 9.17) is 26.1 Å². The van der Waals surface area contributed by atoms with Gasteiger partial charge in [0.05, 0.1) is 18.0 Å². The van der Waals surface area contributed by atoms with Gasteiger partial charge in [-0.3, -0.25) is 4.79 Å². The lowest BCUT2D eigenvalue weighted by Crippen LogP contribution is -2.46. The minimum Gasteiger partial charge on any atom is -0.494 e. The molecule has 0 aliphatic carbocycles. The van der Waals surface area contributed by atoms with Crippen LogP contribution in [-0.2, 0) is 4.79 Å². The average Bonchev–Trinajstić information content (AvgIpc) is 3.39. The van der Waals surface area contributed by atoms with Crippen molar-refractivity contribution in [1.29, 1.82) is 0 Å². The molecule has 2 heterocycles. The van der Waals surface area contributed by atoms with Crippen LogP contribution < -0.4 is 14.4 Å². The van der Waals surface area contributed by atoms with Gasteiger partial charge in [-0.1, -0.05) is 48.9 Å². The molecule has 35 heavy (non-hydrogen) atoms. The molecule has 0 radical (unpaired) electrons. The van der Waals surface area contributed by atoms with Gasteiger partial charge in [0.1, 0.15) is 16.5 Å². The van der Waals surface area contributed by atoms with Gasteiger partial charge in [0, 0.05) is 28.1 Å². The number of hydrogen-bond donors (Lipinski definition) is 0. The summed E-state index contributed by atoms with van der Waals surface area (Å²) < 4.78 is 11.9. The van der Waals surface area contributed by atoms with Crippen LogP contribution >= 0.6 is 22.9 Å². The first-order valence-corrected chi connectivity index (χ1v) is 12.9. The Morgan fingerprint density at radius 1 is 1.06 bits per heavy atom. The fraction of sp³-hybridized carbons (Fsp3) is 0.214. The summed E-state index contributed by atoms with van der Waals surface area (Å²) in [5, 5.41) is 3.69. The molecule has 1 amide bonds. The molecule has 1 atom stereocenters. The molecular weight excluding hydrogens is 480 g/mol. The van der Waals surface area contributed by atoms with E-state index in [2.05, 4.69) is 17.5 Å². The Morgan fingerprint density at radius 2 is 1.86 bits per heavy atom. The zero-order valence-corrected chi connectivity index (χ0v) is 20.9. The maximum atomic E-state index is 13.2. The standard InChI is InChI=1S/C28H25ClN2O3S/c1-2-25-28(32)31(15-6-16-33-22-12-10-21(29)11-13-22)24-17-20(9-14-26(24)34-25)23-18-35-27(30-23)19-7-4-3-5-8-19/h3-5,7-14,17-18,25H,2,6,15-16H2,1H3. The van der Waals surface area contributed by atoms with E-state index in [1.165, 1.54) is 0 Å². The fourth-order valence-electron chi connectivity index (χ4n) is 4.04. The van der Waals surface area contributed by atoms with Crippen LogP contribution in [0, 0.1) is 0 Å². The summed E-state index contributed by atoms with van der Waals surface area (Å²) in [7, 11) is 0. The second-order valence-electron chi connectivity index (χ2n) is 8.25. The Bertz CT molecular complexity index is 1310. The molecular formula is C28H25ClN2O3S. The molecule has 0 N–H and O–H groups in total. The third kappa shape index (κ3) is 5.19. The lowest BCUT2D eigenvalue weighted by Gasteiger charge is -2.34. The number of thiazole rings is 1. The summed E-state index contributed by atoms with van der Waals surface area (Å²) in [5.74, 6) is 1.46. The molecule has 0 saturated carbocycles. The van der Waals surface area contributed by atoms with Crippen molar-refractivity contribution < 1.29 is 14.3 Å². The molecule has 0 fully saturated rings. The van der Waals surface area contributed by atoms with Gasteiger partial charge in [-0.25, -0.2) is 4.98 Å². The molecule has 1 unspecified atom stereocenters. The van der Waals surface area contributed by atoms with E-state index in [0.29, 0.717) is 31.0 Å². The first-order chi connectivity index (χ1) is 17.1. The second-order valence-corrected chi connectivity index (χ2v) is 9.54. The van der Waals surface area contributed by atoms with Crippen molar-refractivity contribution in [3.05, 3.63) is 83.2 Å². The molecule has 5 rings (SSSR count). The van der Waals surface area contributed by atoms with Crippen molar-refractivity contribution in [1.82, 2.24) is 4.98 Å². The van der Waals surface area contributed by atoms with Crippen LogP contribution in [0.4, 0.5) is 5.69 Å². The summed E-state index contributed by atoms with van der Waals surface area (Å²) in [4.78, 5) is 19.9. The number of halogens is 1. The molecule has 1 aliphatic rings. The first-order valence-electron chi connectivity index (χ1n) is 11.6. The van der Waals surface area contributed by atoms with Crippen LogP contribution in [0.15, 0.2) is 78.2 Å². The number of nitrogens with zero attached hydrogens (tertiary/aromatic N) is 2. The van der Waals surface area contributed by atoms with Crippen LogP contribution in [0.5, 0.6) is 11.5 Å². The predicted octanol–water partition coefficient (Wildman–Crippen LogP) is 7.10. The molecule has 7 heteroatoms. The summed E-state index contributed by atoms with van der Waals surface area (Å²) in [6, 6.07) is 23.4. The minimum absolute atomic E-state index is 0.0214. The van der Waals surface area contributed by atoms with Gasteiger partial charge in [-0.05, 0) is 55.3 Å². The number of anilines is 1. The molecule has 3 aromatic carbocycles. The van der Waals surface area contributed by atoms with Crippen LogP contribution in [0.25, 0.3) is 21.8 Å². The summed E-state index contributed by atoms with van der Waals surface area (Å²) >= 11 is 7.55. The highest BCUT2D eigenvalue weighted by atomic mass is 35.5. The Morgan fingerprint density at radius 3 is 2.63 bits per heavy atom. The number of carbonyl (C=O) groups excluding carboxylic acids is 1. The van der Waals surface area contributed by atoms with E-state index < -0.39 is 6.10 Å². The zero-order valence-electron chi connectivity index (χ0n) is 19.3. The predicted molar refractivity (Wildman–Crippen MR) is 142 cm³/mol. The normalized spacial score (nSPS) is 15.0. The maximum Gasteiger partial charge on any atom is 0.268 e. The van der Waals surface area contributed by atoms with Gasteiger partial charge in [0.15, 0.2) is 6.10 Å². The molecule has 1 aromatic heterocycles. The number of fused-ring (bicyclic) bond motifs is 1. The van der Waals surface area contributed by atoms with E-state index in [-0.39, 0.29) is 5.91 Å². The van der Waals surface area contributed by atoms with Gasteiger partial charge in [-0.2, -0.15) is 0 Å². The fourth-order valence-corrected chi connectivity index (χ4v) is 5.00. The molecule has 4 aromatic rings. The number of rotatable bonds is 8. The van der Waals surface area contributed by atoms with Gasteiger partial charge in [-0.15, -0.1) is 11.3 Å². The number of carbonyl (C=O) groups is 1. The van der Waals surface area contributed by atoms with E-state index in [1.807, 2.05) is 60.4 Å².